The van der Waals surface area contributed by atoms with Gasteiger partial charge in [0.2, 0.25) is 0 Å². The largest absolute Gasteiger partial charge is 0.492 e. The zero-order chi connectivity index (χ0) is 31.2. The van der Waals surface area contributed by atoms with E-state index in [1.807, 2.05) is 42.9 Å². The van der Waals surface area contributed by atoms with Crippen molar-refractivity contribution >= 4 is 23.3 Å². The number of para-hydroxylation sites is 1. The lowest BCUT2D eigenvalue weighted by Crippen LogP contribution is -2.41. The Kier molecular flexibility index (Phi) is 9.38. The Balaban J connectivity index is 1.11. The number of Topliss-reactive ketones (excluding diaryl/α,β-unsaturated/α-hetero) is 1. The maximum atomic E-state index is 13.5. The van der Waals surface area contributed by atoms with Crippen molar-refractivity contribution in [2.45, 2.75) is 44.9 Å². The molecule has 2 heterocycles. The molecule has 0 radical (unpaired) electrons. The third-order valence-electron chi connectivity index (χ3n) is 8.21. The number of nitrogens with one attached hydrogen (secondary N) is 2. The second-order valence-electron chi connectivity index (χ2n) is 11.3. The summed E-state index contributed by atoms with van der Waals surface area (Å²) in [5, 5.41) is 7.21. The molecule has 7 nitrogen and oxygen atoms in total. The zero-order valence-electron chi connectivity index (χ0n) is 25.1. The molecule has 0 aliphatic carbocycles. The molecular formula is C37H35ClN4O3. The molecule has 0 bridgehead atoms. The summed E-state index contributed by atoms with van der Waals surface area (Å²) in [4.78, 5) is 30.3. The molecule has 8 heteroatoms. The quantitative estimate of drug-likeness (QED) is 0.170. The van der Waals surface area contributed by atoms with Crippen molar-refractivity contribution in [2.24, 2.45) is 0 Å². The number of carbonyl (C=O) groups excluding carboxylic acids is 2. The first-order valence-corrected chi connectivity index (χ1v) is 15.5. The summed E-state index contributed by atoms with van der Waals surface area (Å²) in [6.45, 7) is 3.29. The van der Waals surface area contributed by atoms with Crippen LogP contribution in [-0.4, -0.2) is 33.9 Å². The fourth-order valence-corrected chi connectivity index (χ4v) is 5.83. The number of aromatic nitrogens is 2. The zero-order valence-corrected chi connectivity index (χ0v) is 25.8. The van der Waals surface area contributed by atoms with Gasteiger partial charge in [0.15, 0.2) is 5.78 Å². The number of benzene rings is 4. The summed E-state index contributed by atoms with van der Waals surface area (Å²) < 4.78 is 8.19. The van der Waals surface area contributed by atoms with Crippen LogP contribution in [0.4, 0.5) is 0 Å². The van der Waals surface area contributed by atoms with Gasteiger partial charge >= 0.3 is 0 Å². The summed E-state index contributed by atoms with van der Waals surface area (Å²) in [5.74, 6) is 0.102. The molecule has 0 spiro atoms. The van der Waals surface area contributed by atoms with E-state index in [1.165, 1.54) is 23.6 Å². The van der Waals surface area contributed by atoms with Gasteiger partial charge in [-0.1, -0.05) is 90.5 Å². The number of fused-ring (bicyclic) bond motifs is 1. The molecular weight excluding hydrogens is 584 g/mol. The van der Waals surface area contributed by atoms with Gasteiger partial charge in [0.25, 0.3) is 5.91 Å². The van der Waals surface area contributed by atoms with Crippen molar-refractivity contribution in [2.75, 3.05) is 6.61 Å². The molecule has 0 saturated carbocycles. The molecule has 2 atom stereocenters. The Labute approximate surface area is 268 Å². The number of nitrogens with zero attached hydrogens (tertiary/aromatic N) is 2. The Bertz CT molecular complexity index is 1770. The van der Waals surface area contributed by atoms with Gasteiger partial charge in [-0.2, -0.15) is 0 Å². The molecule has 6 rings (SSSR count). The first-order chi connectivity index (χ1) is 21.9. The van der Waals surface area contributed by atoms with Gasteiger partial charge in [0, 0.05) is 42.3 Å². The van der Waals surface area contributed by atoms with E-state index in [2.05, 4.69) is 68.7 Å². The second-order valence-corrected chi connectivity index (χ2v) is 11.8. The van der Waals surface area contributed by atoms with E-state index >= 15 is 0 Å². The summed E-state index contributed by atoms with van der Waals surface area (Å²) in [5.41, 5.74) is 6.91. The molecule has 2 N–H and O–H groups in total. The summed E-state index contributed by atoms with van der Waals surface area (Å²) in [6.07, 6.45) is 4.89. The van der Waals surface area contributed by atoms with Crippen molar-refractivity contribution in [1.29, 1.82) is 0 Å². The number of ether oxygens (including phenoxy) is 1. The van der Waals surface area contributed by atoms with E-state index in [9.17, 15) is 9.59 Å². The van der Waals surface area contributed by atoms with Crippen LogP contribution in [0.2, 0.25) is 5.02 Å². The molecule has 0 saturated heterocycles. The standard InChI is InChI=1S/C37H35ClN4O3/c1-25(43)35(20-26-12-16-30(38)17-13-26)41-37(44)33-9-5-8-32-34(18-19-45-36(32)33)40-22-31-21-39-24-42(31)23-27-10-14-29(15-11-27)28-6-3-2-4-7-28/h2-17,21,24,34-35,40H,18-20,22-23H2,1H3,(H,41,44). The summed E-state index contributed by atoms with van der Waals surface area (Å²) >= 11 is 6.01. The average Bonchev–Trinajstić information content (AvgIpc) is 3.51. The van der Waals surface area contributed by atoms with Gasteiger partial charge in [0.05, 0.1) is 30.2 Å². The molecule has 1 aliphatic heterocycles. The molecule has 1 amide bonds. The number of halogens is 1. The molecule has 1 aliphatic rings. The monoisotopic (exact) mass is 618 g/mol. The van der Waals surface area contributed by atoms with Crippen LogP contribution in [-0.2, 0) is 24.3 Å². The van der Waals surface area contributed by atoms with Gasteiger partial charge in [0.1, 0.15) is 5.75 Å². The Morgan fingerprint density at radius 2 is 1.67 bits per heavy atom. The number of rotatable bonds is 11. The fraction of sp³-hybridized carbons (Fsp3) is 0.216. The SMILES string of the molecule is CC(=O)C(Cc1ccc(Cl)cc1)NC(=O)c1cccc2c1OCCC2NCc1cncn1Cc1ccc(-c2ccccc2)cc1. The third-order valence-corrected chi connectivity index (χ3v) is 8.46. The molecule has 0 fully saturated rings. The minimum atomic E-state index is -0.665. The van der Waals surface area contributed by atoms with Crippen molar-refractivity contribution in [1.82, 2.24) is 20.2 Å². The van der Waals surface area contributed by atoms with Gasteiger partial charge in [-0.15, -0.1) is 0 Å². The highest BCUT2D eigenvalue weighted by molar-refractivity contribution is 6.30. The third kappa shape index (κ3) is 7.33. The maximum absolute atomic E-state index is 13.5. The van der Waals surface area contributed by atoms with E-state index < -0.39 is 6.04 Å². The highest BCUT2D eigenvalue weighted by Gasteiger charge is 2.28. The van der Waals surface area contributed by atoms with Gasteiger partial charge in [-0.05, 0) is 53.8 Å². The van der Waals surface area contributed by atoms with E-state index in [-0.39, 0.29) is 17.7 Å². The maximum Gasteiger partial charge on any atom is 0.255 e. The van der Waals surface area contributed by atoms with Crippen LogP contribution in [0, 0.1) is 0 Å². The number of imidazole rings is 1. The summed E-state index contributed by atoms with van der Waals surface area (Å²) in [6, 6.07) is 31.2. The Hall–Kier alpha value is -4.72. The van der Waals surface area contributed by atoms with Crippen molar-refractivity contribution < 1.29 is 14.3 Å². The predicted octanol–water partition coefficient (Wildman–Crippen LogP) is 6.80. The van der Waals surface area contributed by atoms with Crippen LogP contribution in [0.1, 0.15) is 52.1 Å². The average molecular weight is 619 g/mol. The molecule has 2 unspecified atom stereocenters. The second kappa shape index (κ2) is 13.9. The first-order valence-electron chi connectivity index (χ1n) is 15.1. The minimum absolute atomic E-state index is 0.00678. The van der Waals surface area contributed by atoms with Crippen LogP contribution < -0.4 is 15.4 Å². The van der Waals surface area contributed by atoms with Crippen LogP contribution in [0.15, 0.2) is 110 Å². The minimum Gasteiger partial charge on any atom is -0.492 e. The molecule has 1 aromatic heterocycles. The number of hydrogen-bond donors (Lipinski definition) is 2. The molecule has 5 aromatic rings. The molecule has 4 aromatic carbocycles. The predicted molar refractivity (Wildman–Crippen MR) is 176 cm³/mol. The number of hydrogen-bond acceptors (Lipinski definition) is 5. The molecule has 45 heavy (non-hydrogen) atoms. The Morgan fingerprint density at radius 3 is 2.42 bits per heavy atom. The van der Waals surface area contributed by atoms with E-state index in [0.29, 0.717) is 42.5 Å². The van der Waals surface area contributed by atoms with Gasteiger partial charge < -0.3 is 19.9 Å². The summed E-state index contributed by atoms with van der Waals surface area (Å²) in [7, 11) is 0. The lowest BCUT2D eigenvalue weighted by molar-refractivity contribution is -0.118. The highest BCUT2D eigenvalue weighted by Crippen LogP contribution is 2.35. The Morgan fingerprint density at radius 1 is 0.933 bits per heavy atom. The molecule has 228 valence electrons. The van der Waals surface area contributed by atoms with E-state index in [1.54, 1.807) is 18.2 Å². The highest BCUT2D eigenvalue weighted by atomic mass is 35.5. The van der Waals surface area contributed by atoms with Crippen LogP contribution in [0.3, 0.4) is 0 Å². The van der Waals surface area contributed by atoms with Crippen LogP contribution in [0.5, 0.6) is 5.75 Å². The number of amides is 1. The van der Waals surface area contributed by atoms with E-state index in [0.717, 1.165) is 23.2 Å². The lowest BCUT2D eigenvalue weighted by Gasteiger charge is -2.28. The van der Waals surface area contributed by atoms with Gasteiger partial charge in [-0.25, -0.2) is 4.98 Å². The van der Waals surface area contributed by atoms with Crippen LogP contribution >= 0.6 is 11.6 Å². The first kappa shape index (κ1) is 30.3. The topological polar surface area (TPSA) is 85.2 Å². The van der Waals surface area contributed by atoms with E-state index in [4.69, 9.17) is 16.3 Å². The number of carbonyl (C=O) groups is 2. The van der Waals surface area contributed by atoms with Crippen molar-refractivity contribution in [3.05, 3.63) is 143 Å². The van der Waals surface area contributed by atoms with Gasteiger partial charge in [-0.3, -0.25) is 9.59 Å². The number of ketones is 1. The normalized spacial score (nSPS) is 14.7. The fourth-order valence-electron chi connectivity index (χ4n) is 5.70. The lowest BCUT2D eigenvalue weighted by atomic mass is 9.96. The van der Waals surface area contributed by atoms with Crippen LogP contribution in [0.25, 0.3) is 11.1 Å². The van der Waals surface area contributed by atoms with Crippen molar-refractivity contribution in [3.8, 4) is 16.9 Å². The van der Waals surface area contributed by atoms with Crippen molar-refractivity contribution in [3.63, 3.8) is 0 Å². The smallest absolute Gasteiger partial charge is 0.255 e.